The molecule has 2 aliphatic heterocycles. The van der Waals surface area contributed by atoms with Gasteiger partial charge in [-0.05, 0) is 55.2 Å². The molecule has 0 aromatic heterocycles. The van der Waals surface area contributed by atoms with Crippen molar-refractivity contribution in [1.82, 2.24) is 4.90 Å². The van der Waals surface area contributed by atoms with Crippen LogP contribution in [0.25, 0.3) is 0 Å². The van der Waals surface area contributed by atoms with E-state index in [0.717, 1.165) is 40.2 Å². The van der Waals surface area contributed by atoms with Crippen molar-refractivity contribution in [2.45, 2.75) is 25.8 Å². The van der Waals surface area contributed by atoms with Crippen LogP contribution in [0.15, 0.2) is 72.8 Å². The first-order valence-corrected chi connectivity index (χ1v) is 10.0. The van der Waals surface area contributed by atoms with Crippen molar-refractivity contribution in [2.24, 2.45) is 0 Å². The molecule has 3 amide bonds. The summed E-state index contributed by atoms with van der Waals surface area (Å²) in [5, 5.41) is 0. The number of carbonyl (C=O) groups is 3. The Morgan fingerprint density at radius 1 is 0.733 bits per heavy atom. The van der Waals surface area contributed by atoms with Crippen molar-refractivity contribution in [3.63, 3.8) is 0 Å². The van der Waals surface area contributed by atoms with E-state index in [2.05, 4.69) is 0 Å². The molecule has 2 aliphatic rings. The average molecular weight is 396 g/mol. The van der Waals surface area contributed by atoms with Crippen molar-refractivity contribution in [1.29, 1.82) is 0 Å². The lowest BCUT2D eigenvalue weighted by Gasteiger charge is -2.30. The number of carbonyl (C=O) groups excluding carboxylic acids is 3. The van der Waals surface area contributed by atoms with Crippen molar-refractivity contribution in [3.8, 4) is 0 Å². The lowest BCUT2D eigenvalue weighted by atomic mass is 10.0. The Morgan fingerprint density at radius 3 is 1.67 bits per heavy atom. The summed E-state index contributed by atoms with van der Waals surface area (Å²) in [6.45, 7) is 1.63. The third-order valence-corrected chi connectivity index (χ3v) is 5.92. The summed E-state index contributed by atoms with van der Waals surface area (Å²) < 4.78 is 0. The summed E-state index contributed by atoms with van der Waals surface area (Å²) in [6, 6.07) is 21.4. The molecule has 2 heterocycles. The van der Waals surface area contributed by atoms with Gasteiger partial charge in [-0.15, -0.1) is 0 Å². The van der Waals surface area contributed by atoms with Crippen LogP contribution >= 0.6 is 0 Å². The largest absolute Gasteiger partial charge is 0.279 e. The summed E-state index contributed by atoms with van der Waals surface area (Å²) in [4.78, 5) is 42.4. The molecule has 0 saturated carbocycles. The van der Waals surface area contributed by atoms with Gasteiger partial charge in [0.05, 0.1) is 22.5 Å². The SMILES string of the molecule is CC(C(=O)N1c2ccccc2CCc2ccccc21)N1C(=O)c2ccccc2C1=O. The van der Waals surface area contributed by atoms with Gasteiger partial charge in [-0.1, -0.05) is 48.5 Å². The minimum absolute atomic E-state index is 0.300. The molecule has 0 N–H and O–H groups in total. The number of fused-ring (bicyclic) bond motifs is 3. The molecule has 0 radical (unpaired) electrons. The third-order valence-electron chi connectivity index (χ3n) is 5.92. The third kappa shape index (κ3) is 2.66. The monoisotopic (exact) mass is 396 g/mol. The van der Waals surface area contributed by atoms with E-state index in [4.69, 9.17) is 0 Å². The predicted octanol–water partition coefficient (Wildman–Crippen LogP) is 4.13. The van der Waals surface area contributed by atoms with Gasteiger partial charge in [0.1, 0.15) is 6.04 Å². The van der Waals surface area contributed by atoms with Gasteiger partial charge in [0.15, 0.2) is 0 Å². The Balaban J connectivity index is 1.59. The van der Waals surface area contributed by atoms with Crippen LogP contribution in [0.1, 0.15) is 38.8 Å². The highest BCUT2D eigenvalue weighted by Gasteiger charge is 2.42. The number of amides is 3. The maximum atomic E-state index is 13.8. The van der Waals surface area contributed by atoms with Gasteiger partial charge in [0.2, 0.25) is 0 Å². The highest BCUT2D eigenvalue weighted by atomic mass is 16.2. The molecule has 30 heavy (non-hydrogen) atoms. The van der Waals surface area contributed by atoms with Gasteiger partial charge in [-0.2, -0.15) is 0 Å². The average Bonchev–Trinajstić information content (AvgIpc) is 2.93. The van der Waals surface area contributed by atoms with Crippen molar-refractivity contribution >= 4 is 29.1 Å². The number of imide groups is 1. The number of aryl methyl sites for hydroxylation is 2. The molecule has 1 unspecified atom stereocenters. The van der Waals surface area contributed by atoms with Crippen LogP contribution in [-0.4, -0.2) is 28.7 Å². The van der Waals surface area contributed by atoms with Crippen LogP contribution in [0.2, 0.25) is 0 Å². The molecule has 1 atom stereocenters. The first kappa shape index (κ1) is 18.3. The lowest BCUT2D eigenvalue weighted by Crippen LogP contribution is -2.48. The Bertz CT molecular complexity index is 1120. The van der Waals surface area contributed by atoms with Crippen LogP contribution in [-0.2, 0) is 17.6 Å². The zero-order valence-corrected chi connectivity index (χ0v) is 16.5. The summed E-state index contributed by atoms with van der Waals surface area (Å²) in [7, 11) is 0. The van der Waals surface area contributed by atoms with E-state index < -0.39 is 17.9 Å². The van der Waals surface area contributed by atoms with Crippen LogP contribution in [0, 0.1) is 0 Å². The summed E-state index contributed by atoms with van der Waals surface area (Å²) in [5.74, 6) is -1.15. The topological polar surface area (TPSA) is 57.7 Å². The fourth-order valence-electron chi connectivity index (χ4n) is 4.37. The number of nitrogens with zero attached hydrogens (tertiary/aromatic N) is 2. The maximum Gasteiger partial charge on any atom is 0.262 e. The number of para-hydroxylation sites is 2. The van der Waals surface area contributed by atoms with Gasteiger partial charge >= 0.3 is 0 Å². The summed E-state index contributed by atoms with van der Waals surface area (Å²) in [5.41, 5.74) is 4.43. The fourth-order valence-corrected chi connectivity index (χ4v) is 4.37. The second-order valence-corrected chi connectivity index (χ2v) is 7.63. The molecule has 0 aliphatic carbocycles. The predicted molar refractivity (Wildman–Crippen MR) is 114 cm³/mol. The minimum Gasteiger partial charge on any atom is -0.279 e. The van der Waals surface area contributed by atoms with Crippen LogP contribution in [0.5, 0.6) is 0 Å². The Kier molecular flexibility index (Phi) is 4.24. The molecule has 0 spiro atoms. The van der Waals surface area contributed by atoms with Crippen LogP contribution in [0.4, 0.5) is 11.4 Å². The zero-order chi connectivity index (χ0) is 20.8. The molecule has 5 heteroatoms. The summed E-state index contributed by atoms with van der Waals surface area (Å²) in [6.07, 6.45) is 1.64. The van der Waals surface area contributed by atoms with Gasteiger partial charge in [0, 0.05) is 0 Å². The molecular formula is C25H20N2O3. The second kappa shape index (κ2) is 6.95. The number of hydrogen-bond donors (Lipinski definition) is 0. The minimum atomic E-state index is -0.934. The maximum absolute atomic E-state index is 13.8. The zero-order valence-electron chi connectivity index (χ0n) is 16.5. The van der Waals surface area contributed by atoms with Crippen molar-refractivity contribution in [3.05, 3.63) is 95.1 Å². The Morgan fingerprint density at radius 2 is 1.17 bits per heavy atom. The van der Waals surface area contributed by atoms with E-state index in [0.29, 0.717) is 11.1 Å². The Hall–Kier alpha value is -3.73. The fraction of sp³-hybridized carbons (Fsp3) is 0.160. The van der Waals surface area contributed by atoms with E-state index in [1.165, 1.54) is 0 Å². The van der Waals surface area contributed by atoms with E-state index >= 15 is 0 Å². The highest BCUT2D eigenvalue weighted by molar-refractivity contribution is 6.23. The normalized spacial score (nSPS) is 15.9. The molecular weight excluding hydrogens is 376 g/mol. The van der Waals surface area contributed by atoms with E-state index in [1.807, 2.05) is 48.5 Å². The quantitative estimate of drug-likeness (QED) is 0.612. The number of hydrogen-bond acceptors (Lipinski definition) is 3. The van der Waals surface area contributed by atoms with Crippen molar-refractivity contribution < 1.29 is 14.4 Å². The smallest absolute Gasteiger partial charge is 0.262 e. The van der Waals surface area contributed by atoms with Crippen LogP contribution < -0.4 is 4.90 Å². The van der Waals surface area contributed by atoms with Gasteiger partial charge < -0.3 is 0 Å². The number of rotatable bonds is 2. The van der Waals surface area contributed by atoms with Crippen molar-refractivity contribution in [2.75, 3.05) is 4.90 Å². The van der Waals surface area contributed by atoms with E-state index in [1.54, 1.807) is 36.1 Å². The van der Waals surface area contributed by atoms with E-state index in [-0.39, 0.29) is 5.91 Å². The molecule has 5 nitrogen and oxygen atoms in total. The molecule has 3 aromatic carbocycles. The second-order valence-electron chi connectivity index (χ2n) is 7.63. The standard InChI is InChI=1S/C25H20N2O3/c1-16(26-24(29)19-10-4-5-11-20(19)25(26)30)23(28)27-21-12-6-2-8-17(21)14-15-18-9-3-7-13-22(18)27/h2-13,16H,14-15H2,1H3. The first-order valence-electron chi connectivity index (χ1n) is 10.0. The van der Waals surface area contributed by atoms with E-state index in [9.17, 15) is 14.4 Å². The number of benzene rings is 3. The molecule has 0 fully saturated rings. The van der Waals surface area contributed by atoms with Crippen LogP contribution in [0.3, 0.4) is 0 Å². The molecule has 3 aromatic rings. The lowest BCUT2D eigenvalue weighted by molar-refractivity contribution is -0.121. The Labute approximate surface area is 174 Å². The van der Waals surface area contributed by atoms with Gasteiger partial charge in [-0.3, -0.25) is 24.2 Å². The van der Waals surface area contributed by atoms with Gasteiger partial charge in [-0.25, -0.2) is 0 Å². The highest BCUT2D eigenvalue weighted by Crippen LogP contribution is 2.37. The van der Waals surface area contributed by atoms with Gasteiger partial charge in [0.25, 0.3) is 17.7 Å². The molecule has 0 saturated heterocycles. The molecule has 5 rings (SSSR count). The first-order chi connectivity index (χ1) is 14.6. The molecule has 0 bridgehead atoms. The summed E-state index contributed by atoms with van der Waals surface area (Å²) >= 11 is 0. The number of anilines is 2. The molecule has 148 valence electrons.